The fraction of sp³-hybridized carbons (Fsp3) is 0.533. The topological polar surface area (TPSA) is 72.9 Å². The van der Waals surface area contributed by atoms with E-state index in [-0.39, 0.29) is 10.8 Å². The number of morpholine rings is 1. The van der Waals surface area contributed by atoms with Gasteiger partial charge in [-0.25, -0.2) is 8.42 Å². The quantitative estimate of drug-likeness (QED) is 0.810. The van der Waals surface area contributed by atoms with Gasteiger partial charge in [0.15, 0.2) is 9.84 Å². The van der Waals surface area contributed by atoms with Crippen LogP contribution in [0.1, 0.15) is 13.8 Å². The van der Waals surface area contributed by atoms with E-state index in [2.05, 4.69) is 0 Å². The summed E-state index contributed by atoms with van der Waals surface area (Å²) in [6.45, 7) is 5.56. The molecule has 1 atom stereocenters. The maximum atomic E-state index is 12.6. The van der Waals surface area contributed by atoms with E-state index < -0.39 is 15.1 Å². The SMILES string of the molecule is CCOc1ccc(S(=O)(=O)C(C)C(=O)N2CCOCC2)cc1. The van der Waals surface area contributed by atoms with Gasteiger partial charge in [0.05, 0.1) is 24.7 Å². The molecule has 0 radical (unpaired) electrons. The number of nitrogens with zero attached hydrogens (tertiary/aromatic N) is 1. The van der Waals surface area contributed by atoms with E-state index in [1.54, 1.807) is 17.0 Å². The minimum absolute atomic E-state index is 0.130. The molecule has 6 nitrogen and oxygen atoms in total. The summed E-state index contributed by atoms with van der Waals surface area (Å²) in [6.07, 6.45) is 0. The highest BCUT2D eigenvalue weighted by atomic mass is 32.2. The number of sulfone groups is 1. The molecule has 1 heterocycles. The van der Waals surface area contributed by atoms with Crippen LogP contribution in [0.5, 0.6) is 5.75 Å². The van der Waals surface area contributed by atoms with E-state index >= 15 is 0 Å². The van der Waals surface area contributed by atoms with Crippen LogP contribution in [0.2, 0.25) is 0 Å². The summed E-state index contributed by atoms with van der Waals surface area (Å²) in [4.78, 5) is 14.0. The predicted octanol–water partition coefficient (Wildman–Crippen LogP) is 1.11. The molecule has 0 spiro atoms. The van der Waals surface area contributed by atoms with Crippen LogP contribution in [0.25, 0.3) is 0 Å². The second-order valence-corrected chi connectivity index (χ2v) is 7.30. The molecule has 122 valence electrons. The van der Waals surface area contributed by atoms with Gasteiger partial charge in [0.25, 0.3) is 0 Å². The molecular formula is C15H21NO5S. The highest BCUT2D eigenvalue weighted by molar-refractivity contribution is 7.92. The van der Waals surface area contributed by atoms with Crippen molar-refractivity contribution in [3.63, 3.8) is 0 Å². The number of hydrogen-bond donors (Lipinski definition) is 0. The Balaban J connectivity index is 2.15. The maximum absolute atomic E-state index is 12.6. The van der Waals surface area contributed by atoms with E-state index in [4.69, 9.17) is 9.47 Å². The smallest absolute Gasteiger partial charge is 0.241 e. The lowest BCUT2D eigenvalue weighted by Gasteiger charge is -2.29. The first kappa shape index (κ1) is 16.8. The lowest BCUT2D eigenvalue weighted by Crippen LogP contribution is -2.47. The summed E-state index contributed by atoms with van der Waals surface area (Å²) in [5.41, 5.74) is 0. The standard InChI is InChI=1S/C15H21NO5S/c1-3-21-13-4-6-14(7-5-13)22(18,19)12(2)15(17)16-8-10-20-11-9-16/h4-7,12H,3,8-11H2,1-2H3. The van der Waals surface area contributed by atoms with Gasteiger partial charge in [-0.2, -0.15) is 0 Å². The van der Waals surface area contributed by atoms with Gasteiger partial charge in [0.2, 0.25) is 5.91 Å². The zero-order valence-electron chi connectivity index (χ0n) is 12.8. The number of carbonyl (C=O) groups excluding carboxylic acids is 1. The molecule has 0 N–H and O–H groups in total. The third-order valence-electron chi connectivity index (χ3n) is 3.60. The number of ether oxygens (including phenoxy) is 2. The largest absolute Gasteiger partial charge is 0.494 e. The molecule has 1 fully saturated rings. The monoisotopic (exact) mass is 327 g/mol. The van der Waals surface area contributed by atoms with Crippen LogP contribution < -0.4 is 4.74 Å². The molecule has 22 heavy (non-hydrogen) atoms. The van der Waals surface area contributed by atoms with Crippen LogP contribution in [-0.4, -0.2) is 57.4 Å². The van der Waals surface area contributed by atoms with Crippen molar-refractivity contribution in [1.29, 1.82) is 0 Å². The number of amides is 1. The Bertz CT molecular complexity index is 605. The Morgan fingerprint density at radius 1 is 1.27 bits per heavy atom. The van der Waals surface area contributed by atoms with Crippen molar-refractivity contribution >= 4 is 15.7 Å². The van der Waals surface area contributed by atoms with Gasteiger partial charge in [-0.05, 0) is 38.1 Å². The average molecular weight is 327 g/mol. The van der Waals surface area contributed by atoms with Crippen molar-refractivity contribution in [3.05, 3.63) is 24.3 Å². The van der Waals surface area contributed by atoms with E-state index in [1.807, 2.05) is 6.92 Å². The van der Waals surface area contributed by atoms with Crippen LogP contribution >= 0.6 is 0 Å². The summed E-state index contributed by atoms with van der Waals surface area (Å²) >= 11 is 0. The first-order chi connectivity index (χ1) is 10.5. The number of benzene rings is 1. The van der Waals surface area contributed by atoms with Crippen LogP contribution in [0, 0.1) is 0 Å². The molecule has 0 saturated carbocycles. The normalized spacial score (nSPS) is 17.1. The summed E-state index contributed by atoms with van der Waals surface area (Å²) in [6, 6.07) is 6.15. The van der Waals surface area contributed by atoms with Crippen LogP contribution in [0.3, 0.4) is 0 Å². The van der Waals surface area contributed by atoms with E-state index in [1.165, 1.54) is 19.1 Å². The molecule has 0 aliphatic carbocycles. The van der Waals surface area contributed by atoms with Gasteiger partial charge in [0.1, 0.15) is 11.0 Å². The third-order valence-corrected chi connectivity index (χ3v) is 5.66. The first-order valence-electron chi connectivity index (χ1n) is 7.30. The highest BCUT2D eigenvalue weighted by Gasteiger charge is 2.33. The Morgan fingerprint density at radius 2 is 1.86 bits per heavy atom. The summed E-state index contributed by atoms with van der Waals surface area (Å²) < 4.78 is 35.6. The van der Waals surface area contributed by atoms with Gasteiger partial charge in [0, 0.05) is 13.1 Å². The summed E-state index contributed by atoms with van der Waals surface area (Å²) in [5, 5.41) is -1.11. The second kappa shape index (κ2) is 7.11. The van der Waals surface area contributed by atoms with Crippen molar-refractivity contribution in [2.24, 2.45) is 0 Å². The lowest BCUT2D eigenvalue weighted by molar-refractivity contribution is -0.134. The Hall–Kier alpha value is -1.60. The molecule has 0 aromatic heterocycles. The third kappa shape index (κ3) is 3.59. The van der Waals surface area contributed by atoms with Crippen LogP contribution in [0.4, 0.5) is 0 Å². The highest BCUT2D eigenvalue weighted by Crippen LogP contribution is 2.21. The molecule has 1 unspecified atom stereocenters. The predicted molar refractivity (Wildman–Crippen MR) is 81.7 cm³/mol. The minimum atomic E-state index is -3.71. The number of rotatable bonds is 5. The van der Waals surface area contributed by atoms with Crippen LogP contribution in [-0.2, 0) is 19.4 Å². The minimum Gasteiger partial charge on any atom is -0.494 e. The van der Waals surface area contributed by atoms with Crippen molar-refractivity contribution in [2.45, 2.75) is 24.0 Å². The molecule has 1 aliphatic heterocycles. The second-order valence-electron chi connectivity index (χ2n) is 5.03. The fourth-order valence-corrected chi connectivity index (χ4v) is 3.61. The molecule has 1 amide bonds. The molecule has 1 saturated heterocycles. The maximum Gasteiger partial charge on any atom is 0.241 e. The molecular weight excluding hydrogens is 306 g/mol. The molecule has 7 heteroatoms. The molecule has 1 aromatic rings. The van der Waals surface area contributed by atoms with Gasteiger partial charge in [-0.15, -0.1) is 0 Å². The molecule has 1 aliphatic rings. The Kier molecular flexibility index (Phi) is 5.42. The number of hydrogen-bond acceptors (Lipinski definition) is 5. The lowest BCUT2D eigenvalue weighted by atomic mass is 10.3. The molecule has 0 bridgehead atoms. The summed E-state index contributed by atoms with van der Waals surface area (Å²) in [7, 11) is -3.71. The van der Waals surface area contributed by atoms with Gasteiger partial charge in [-0.1, -0.05) is 0 Å². The van der Waals surface area contributed by atoms with Crippen molar-refractivity contribution in [1.82, 2.24) is 4.90 Å². The van der Waals surface area contributed by atoms with Gasteiger partial charge < -0.3 is 14.4 Å². The van der Waals surface area contributed by atoms with E-state index in [0.717, 1.165) is 0 Å². The Morgan fingerprint density at radius 3 is 2.41 bits per heavy atom. The van der Waals surface area contributed by atoms with Gasteiger partial charge >= 0.3 is 0 Å². The van der Waals surface area contributed by atoms with Crippen LogP contribution in [0.15, 0.2) is 29.2 Å². The number of carbonyl (C=O) groups is 1. The average Bonchev–Trinajstić information content (AvgIpc) is 2.55. The first-order valence-corrected chi connectivity index (χ1v) is 8.84. The van der Waals surface area contributed by atoms with E-state index in [9.17, 15) is 13.2 Å². The zero-order chi connectivity index (χ0) is 16.2. The van der Waals surface area contributed by atoms with Gasteiger partial charge in [-0.3, -0.25) is 4.79 Å². The zero-order valence-corrected chi connectivity index (χ0v) is 13.6. The Labute approximate surface area is 130 Å². The van der Waals surface area contributed by atoms with Crippen molar-refractivity contribution < 1.29 is 22.7 Å². The van der Waals surface area contributed by atoms with Crippen molar-refractivity contribution in [2.75, 3.05) is 32.9 Å². The van der Waals surface area contributed by atoms with Crippen molar-refractivity contribution in [3.8, 4) is 5.75 Å². The molecule has 1 aromatic carbocycles. The molecule has 2 rings (SSSR count). The van der Waals surface area contributed by atoms with E-state index in [0.29, 0.717) is 38.7 Å². The fourth-order valence-electron chi connectivity index (χ4n) is 2.27. The summed E-state index contributed by atoms with van der Waals surface area (Å²) in [5.74, 6) is 0.228.